The van der Waals surface area contributed by atoms with Gasteiger partial charge in [0.15, 0.2) is 0 Å². The highest BCUT2D eigenvalue weighted by atomic mass is 19.1. The molecule has 1 N–H and O–H groups in total. The fraction of sp³-hybridized carbons (Fsp3) is 0.517. The Kier molecular flexibility index (Phi) is 8.55. The Labute approximate surface area is 208 Å². The number of hydrogen-bond acceptors (Lipinski definition) is 3. The van der Waals surface area contributed by atoms with Crippen LogP contribution in [-0.2, 0) is 4.79 Å². The second-order valence-corrected chi connectivity index (χ2v) is 10.3. The lowest BCUT2D eigenvalue weighted by atomic mass is 10.0. The number of piperazine rings is 1. The zero-order chi connectivity index (χ0) is 24.8. The first-order valence-corrected chi connectivity index (χ1v) is 13.0. The van der Waals surface area contributed by atoms with Crippen LogP contribution >= 0.6 is 0 Å². The van der Waals surface area contributed by atoms with Crippen LogP contribution in [0.4, 0.5) is 4.39 Å². The van der Waals surface area contributed by atoms with Crippen LogP contribution in [0.2, 0.25) is 0 Å². The standard InChI is InChI=1S/C29H38FN3O2/c1-21-8-10-22(11-9-21)26-20-24(26)6-4-3-5-7-27(29(35)33-18-16-32(2)17-19-33)31-28(34)23-12-14-25(30)15-13-23/h8-15,24,26-27H,3-7,16-20H2,1-2H3,(H,31,34)/t24-,26+,27+/m1/s1. The van der Waals surface area contributed by atoms with Crippen LogP contribution in [0.15, 0.2) is 48.5 Å². The number of unbranched alkanes of at least 4 members (excludes halogenated alkanes) is 2. The third-order valence-corrected chi connectivity index (χ3v) is 7.52. The smallest absolute Gasteiger partial charge is 0.251 e. The summed E-state index contributed by atoms with van der Waals surface area (Å²) < 4.78 is 13.3. The summed E-state index contributed by atoms with van der Waals surface area (Å²) in [6.45, 7) is 5.17. The summed E-state index contributed by atoms with van der Waals surface area (Å²) in [5, 5.41) is 2.94. The maximum atomic E-state index is 13.3. The number of nitrogens with zero attached hydrogens (tertiary/aromatic N) is 2. The van der Waals surface area contributed by atoms with Gasteiger partial charge in [-0.05, 0) is 74.9 Å². The molecule has 1 saturated heterocycles. The molecule has 4 rings (SSSR count). The van der Waals surface area contributed by atoms with Gasteiger partial charge in [-0.25, -0.2) is 4.39 Å². The molecule has 0 spiro atoms. The van der Waals surface area contributed by atoms with Crippen LogP contribution in [-0.4, -0.2) is 60.9 Å². The van der Waals surface area contributed by atoms with Crippen molar-refractivity contribution in [2.45, 2.75) is 57.4 Å². The van der Waals surface area contributed by atoms with Crippen molar-refractivity contribution in [2.24, 2.45) is 5.92 Å². The molecular weight excluding hydrogens is 441 g/mol. The Balaban J connectivity index is 1.26. The minimum absolute atomic E-state index is 0.00445. The molecule has 2 fully saturated rings. The van der Waals surface area contributed by atoms with Crippen LogP contribution in [0.25, 0.3) is 0 Å². The van der Waals surface area contributed by atoms with Crippen LogP contribution in [0.5, 0.6) is 0 Å². The maximum absolute atomic E-state index is 13.3. The van der Waals surface area contributed by atoms with E-state index in [2.05, 4.69) is 48.5 Å². The fourth-order valence-electron chi connectivity index (χ4n) is 5.07. The molecule has 1 aliphatic carbocycles. The van der Waals surface area contributed by atoms with Gasteiger partial charge in [-0.1, -0.05) is 49.1 Å². The highest BCUT2D eigenvalue weighted by Gasteiger charge is 2.37. The van der Waals surface area contributed by atoms with Gasteiger partial charge in [0.05, 0.1) is 0 Å². The van der Waals surface area contributed by atoms with Crippen molar-refractivity contribution in [3.8, 4) is 0 Å². The fourth-order valence-corrected chi connectivity index (χ4v) is 5.07. The molecule has 1 aliphatic heterocycles. The Bertz CT molecular complexity index is 984. The van der Waals surface area contributed by atoms with Gasteiger partial charge < -0.3 is 15.1 Å². The van der Waals surface area contributed by atoms with Crippen molar-refractivity contribution in [3.05, 3.63) is 71.0 Å². The predicted molar refractivity (Wildman–Crippen MR) is 137 cm³/mol. The largest absolute Gasteiger partial charge is 0.340 e. The summed E-state index contributed by atoms with van der Waals surface area (Å²) in [5.74, 6) is 0.772. The number of aryl methyl sites for hydroxylation is 1. The molecule has 188 valence electrons. The summed E-state index contributed by atoms with van der Waals surface area (Å²) in [7, 11) is 2.05. The SMILES string of the molecule is Cc1ccc([C@@H]2C[C@H]2CCCCC[C@H](NC(=O)c2ccc(F)cc2)C(=O)N2CCN(C)CC2)cc1. The molecule has 1 saturated carbocycles. The van der Waals surface area contributed by atoms with Gasteiger partial charge >= 0.3 is 0 Å². The van der Waals surface area contributed by atoms with E-state index in [4.69, 9.17) is 0 Å². The molecule has 35 heavy (non-hydrogen) atoms. The molecule has 2 aromatic carbocycles. The van der Waals surface area contributed by atoms with Crippen LogP contribution in [0.1, 0.15) is 65.9 Å². The molecule has 0 radical (unpaired) electrons. The molecule has 6 heteroatoms. The summed E-state index contributed by atoms with van der Waals surface area (Å²) in [5.41, 5.74) is 3.14. The number of benzene rings is 2. The molecule has 1 heterocycles. The van der Waals surface area contributed by atoms with Crippen molar-refractivity contribution >= 4 is 11.8 Å². The van der Waals surface area contributed by atoms with Gasteiger partial charge in [0, 0.05) is 31.7 Å². The van der Waals surface area contributed by atoms with Crippen molar-refractivity contribution < 1.29 is 14.0 Å². The summed E-state index contributed by atoms with van der Waals surface area (Å²) in [6, 6.07) is 13.8. The molecule has 5 nitrogen and oxygen atoms in total. The lowest BCUT2D eigenvalue weighted by Gasteiger charge is -2.34. The average molecular weight is 480 g/mol. The Morgan fingerprint density at radius 1 is 0.971 bits per heavy atom. The number of carbonyl (C=O) groups is 2. The number of likely N-dealkylation sites (N-methyl/N-ethyl adjacent to an activating group) is 1. The summed E-state index contributed by atoms with van der Waals surface area (Å²) in [6.07, 6.45) is 6.23. The quantitative estimate of drug-likeness (QED) is 0.500. The highest BCUT2D eigenvalue weighted by Crippen LogP contribution is 2.50. The number of nitrogens with one attached hydrogen (secondary N) is 1. The second kappa shape index (κ2) is 11.8. The minimum atomic E-state index is -0.544. The molecular formula is C29H38FN3O2. The second-order valence-electron chi connectivity index (χ2n) is 10.3. The van der Waals surface area contributed by atoms with E-state index in [1.54, 1.807) is 0 Å². The first-order chi connectivity index (χ1) is 16.9. The molecule has 2 amide bonds. The zero-order valence-electron chi connectivity index (χ0n) is 21.0. The Hall–Kier alpha value is -2.73. The van der Waals surface area contributed by atoms with E-state index >= 15 is 0 Å². The van der Waals surface area contributed by atoms with Crippen LogP contribution in [0, 0.1) is 18.7 Å². The number of amides is 2. The van der Waals surface area contributed by atoms with E-state index in [0.29, 0.717) is 31.0 Å². The van der Waals surface area contributed by atoms with Crippen molar-refractivity contribution in [2.75, 3.05) is 33.2 Å². The van der Waals surface area contributed by atoms with Gasteiger partial charge in [0.2, 0.25) is 5.91 Å². The highest BCUT2D eigenvalue weighted by molar-refractivity contribution is 5.97. The predicted octanol–water partition coefficient (Wildman–Crippen LogP) is 4.76. The van der Waals surface area contributed by atoms with Gasteiger partial charge in [-0.2, -0.15) is 0 Å². The molecule has 3 atom stereocenters. The van der Waals surface area contributed by atoms with Crippen LogP contribution < -0.4 is 5.32 Å². The van der Waals surface area contributed by atoms with E-state index in [1.165, 1.54) is 48.2 Å². The number of halogens is 1. The lowest BCUT2D eigenvalue weighted by Crippen LogP contribution is -2.54. The molecule has 2 aromatic rings. The monoisotopic (exact) mass is 479 g/mol. The van der Waals surface area contributed by atoms with E-state index in [-0.39, 0.29) is 17.6 Å². The van der Waals surface area contributed by atoms with Gasteiger partial charge in [0.1, 0.15) is 11.9 Å². The minimum Gasteiger partial charge on any atom is -0.340 e. The van der Waals surface area contributed by atoms with E-state index < -0.39 is 6.04 Å². The number of rotatable bonds is 10. The van der Waals surface area contributed by atoms with Gasteiger partial charge in [-0.15, -0.1) is 0 Å². The normalized spacial score (nSPS) is 20.9. The summed E-state index contributed by atoms with van der Waals surface area (Å²) in [4.78, 5) is 30.1. The van der Waals surface area contributed by atoms with Crippen molar-refractivity contribution in [1.82, 2.24) is 15.1 Å². The van der Waals surface area contributed by atoms with Gasteiger partial charge in [0.25, 0.3) is 5.91 Å². The zero-order valence-corrected chi connectivity index (χ0v) is 21.0. The van der Waals surface area contributed by atoms with Gasteiger partial charge in [-0.3, -0.25) is 9.59 Å². The lowest BCUT2D eigenvalue weighted by molar-refractivity contribution is -0.135. The number of hydrogen-bond donors (Lipinski definition) is 1. The van der Waals surface area contributed by atoms with E-state index in [1.807, 2.05) is 4.90 Å². The third kappa shape index (κ3) is 7.14. The maximum Gasteiger partial charge on any atom is 0.251 e. The first kappa shape index (κ1) is 25.4. The third-order valence-electron chi connectivity index (χ3n) is 7.52. The van der Waals surface area contributed by atoms with Crippen molar-refractivity contribution in [1.29, 1.82) is 0 Å². The average Bonchev–Trinajstić information content (AvgIpc) is 3.63. The van der Waals surface area contributed by atoms with Crippen molar-refractivity contribution in [3.63, 3.8) is 0 Å². The molecule has 2 aliphatic rings. The van der Waals surface area contributed by atoms with Crippen LogP contribution in [0.3, 0.4) is 0 Å². The Morgan fingerprint density at radius 2 is 1.66 bits per heavy atom. The summed E-state index contributed by atoms with van der Waals surface area (Å²) >= 11 is 0. The molecule has 0 bridgehead atoms. The molecule has 0 aromatic heterocycles. The van der Waals surface area contributed by atoms with E-state index in [9.17, 15) is 14.0 Å². The Morgan fingerprint density at radius 3 is 2.34 bits per heavy atom. The first-order valence-electron chi connectivity index (χ1n) is 13.0. The topological polar surface area (TPSA) is 52.7 Å². The van der Waals surface area contributed by atoms with E-state index in [0.717, 1.165) is 38.3 Å². The molecule has 0 unspecified atom stereocenters. The number of carbonyl (C=O) groups excluding carboxylic acids is 2.